The number of hydrogen-bond donors (Lipinski definition) is 1. The molecule has 0 saturated carbocycles. The van der Waals surface area contributed by atoms with Gasteiger partial charge in [-0.25, -0.2) is 4.79 Å². The van der Waals surface area contributed by atoms with E-state index in [9.17, 15) is 4.79 Å². The summed E-state index contributed by atoms with van der Waals surface area (Å²) < 4.78 is 4.99. The van der Waals surface area contributed by atoms with Gasteiger partial charge in [0, 0.05) is 0 Å². The predicted octanol–water partition coefficient (Wildman–Crippen LogP) is 2.77. The van der Waals surface area contributed by atoms with Gasteiger partial charge in [-0.15, -0.1) is 0 Å². The first-order valence-electron chi connectivity index (χ1n) is 6.51. The van der Waals surface area contributed by atoms with Crippen LogP contribution in [0.4, 0.5) is 0 Å². The summed E-state index contributed by atoms with van der Waals surface area (Å²) >= 11 is 0. The summed E-state index contributed by atoms with van der Waals surface area (Å²) in [5.41, 5.74) is 1.43. The summed E-state index contributed by atoms with van der Waals surface area (Å²) in [5.74, 6) is -0.220. The standard InChI is InChI=1S/C15H23NO2/c1-5-11-16-15(6-2,14(17)18-4)13-9-7-12(3)8-10-13/h7-10,16H,5-6,11H2,1-4H3. The maximum absolute atomic E-state index is 12.2. The predicted molar refractivity (Wildman–Crippen MR) is 73.5 cm³/mol. The van der Waals surface area contributed by atoms with Gasteiger partial charge in [-0.3, -0.25) is 5.32 Å². The summed E-state index contributed by atoms with van der Waals surface area (Å²) in [6.07, 6.45) is 1.65. The van der Waals surface area contributed by atoms with Gasteiger partial charge < -0.3 is 4.74 Å². The molecule has 0 radical (unpaired) electrons. The molecule has 0 fully saturated rings. The van der Waals surface area contributed by atoms with Gasteiger partial charge in [-0.05, 0) is 31.9 Å². The molecular formula is C15H23NO2. The van der Waals surface area contributed by atoms with Crippen molar-refractivity contribution >= 4 is 5.97 Å². The second-order valence-electron chi connectivity index (χ2n) is 4.54. The van der Waals surface area contributed by atoms with Crippen molar-refractivity contribution in [2.45, 2.75) is 39.2 Å². The Labute approximate surface area is 110 Å². The summed E-state index contributed by atoms with van der Waals surface area (Å²) in [5, 5.41) is 3.34. The molecule has 1 atom stereocenters. The third-order valence-electron chi connectivity index (χ3n) is 3.29. The number of carbonyl (C=O) groups excluding carboxylic acids is 1. The molecule has 0 aliphatic carbocycles. The molecule has 0 spiro atoms. The van der Waals surface area contributed by atoms with E-state index >= 15 is 0 Å². The maximum atomic E-state index is 12.2. The molecule has 3 nitrogen and oxygen atoms in total. The van der Waals surface area contributed by atoms with Gasteiger partial charge in [-0.2, -0.15) is 0 Å². The van der Waals surface area contributed by atoms with Gasteiger partial charge in [0.2, 0.25) is 0 Å². The normalized spacial score (nSPS) is 14.0. The Hall–Kier alpha value is -1.35. The Morgan fingerprint density at radius 3 is 2.33 bits per heavy atom. The highest BCUT2D eigenvalue weighted by Gasteiger charge is 2.38. The highest BCUT2D eigenvalue weighted by atomic mass is 16.5. The maximum Gasteiger partial charge on any atom is 0.330 e. The lowest BCUT2D eigenvalue weighted by Gasteiger charge is -2.31. The molecule has 0 aromatic heterocycles. The van der Waals surface area contributed by atoms with Crippen LogP contribution in [0.15, 0.2) is 24.3 Å². The highest BCUT2D eigenvalue weighted by molar-refractivity contribution is 5.82. The number of hydrogen-bond acceptors (Lipinski definition) is 3. The van der Waals surface area contributed by atoms with E-state index in [1.165, 1.54) is 12.7 Å². The Balaban J connectivity index is 3.16. The number of benzene rings is 1. The van der Waals surface area contributed by atoms with Crippen LogP contribution in [-0.2, 0) is 15.1 Å². The second-order valence-corrected chi connectivity index (χ2v) is 4.54. The fourth-order valence-corrected chi connectivity index (χ4v) is 2.12. The first kappa shape index (κ1) is 14.7. The second kappa shape index (κ2) is 6.55. The number of rotatable bonds is 6. The summed E-state index contributed by atoms with van der Waals surface area (Å²) in [6, 6.07) is 8.05. The van der Waals surface area contributed by atoms with Crippen molar-refractivity contribution < 1.29 is 9.53 Å². The highest BCUT2D eigenvalue weighted by Crippen LogP contribution is 2.27. The topological polar surface area (TPSA) is 38.3 Å². The summed E-state index contributed by atoms with van der Waals surface area (Å²) in [4.78, 5) is 12.2. The average Bonchev–Trinajstić information content (AvgIpc) is 2.41. The minimum atomic E-state index is -0.724. The van der Waals surface area contributed by atoms with E-state index in [0.717, 1.165) is 18.5 Å². The summed E-state index contributed by atoms with van der Waals surface area (Å²) in [6.45, 7) is 6.91. The van der Waals surface area contributed by atoms with Crippen LogP contribution in [0.25, 0.3) is 0 Å². The molecule has 0 amide bonds. The average molecular weight is 249 g/mol. The van der Waals surface area contributed by atoms with Crippen LogP contribution in [0, 0.1) is 6.92 Å². The molecule has 1 aromatic carbocycles. The van der Waals surface area contributed by atoms with Crippen LogP contribution in [0.3, 0.4) is 0 Å². The smallest absolute Gasteiger partial charge is 0.330 e. The lowest BCUT2D eigenvalue weighted by atomic mass is 9.86. The third-order valence-corrected chi connectivity index (χ3v) is 3.29. The first-order valence-corrected chi connectivity index (χ1v) is 6.51. The third kappa shape index (κ3) is 2.91. The first-order chi connectivity index (χ1) is 8.60. The van der Waals surface area contributed by atoms with Gasteiger partial charge >= 0.3 is 5.97 Å². The van der Waals surface area contributed by atoms with E-state index in [4.69, 9.17) is 4.74 Å². The molecule has 1 aromatic rings. The molecule has 0 saturated heterocycles. The quantitative estimate of drug-likeness (QED) is 0.788. The van der Waals surface area contributed by atoms with E-state index < -0.39 is 5.54 Å². The number of esters is 1. The SMILES string of the molecule is CCCNC(CC)(C(=O)OC)c1ccc(C)cc1. The number of carbonyl (C=O) groups is 1. The Bertz CT molecular complexity index is 386. The van der Waals surface area contributed by atoms with Crippen LogP contribution in [-0.4, -0.2) is 19.6 Å². The van der Waals surface area contributed by atoms with Crippen LogP contribution in [0.1, 0.15) is 37.8 Å². The van der Waals surface area contributed by atoms with E-state index in [2.05, 4.69) is 12.2 Å². The molecule has 100 valence electrons. The van der Waals surface area contributed by atoms with Crippen molar-refractivity contribution in [2.75, 3.05) is 13.7 Å². The number of ether oxygens (including phenoxy) is 1. The summed E-state index contributed by atoms with van der Waals surface area (Å²) in [7, 11) is 1.44. The molecule has 1 N–H and O–H groups in total. The monoisotopic (exact) mass is 249 g/mol. The van der Waals surface area contributed by atoms with Crippen molar-refractivity contribution in [1.29, 1.82) is 0 Å². The lowest BCUT2D eigenvalue weighted by Crippen LogP contribution is -2.49. The van der Waals surface area contributed by atoms with Crippen molar-refractivity contribution in [3.63, 3.8) is 0 Å². The fraction of sp³-hybridized carbons (Fsp3) is 0.533. The van der Waals surface area contributed by atoms with Crippen LogP contribution in [0.2, 0.25) is 0 Å². The Morgan fingerprint density at radius 1 is 1.28 bits per heavy atom. The molecule has 1 unspecified atom stereocenters. The molecule has 0 aliphatic rings. The molecular weight excluding hydrogens is 226 g/mol. The number of aryl methyl sites for hydroxylation is 1. The minimum absolute atomic E-state index is 0.220. The van der Waals surface area contributed by atoms with Crippen LogP contribution < -0.4 is 5.32 Å². The number of methoxy groups -OCH3 is 1. The lowest BCUT2D eigenvalue weighted by molar-refractivity contribution is -0.149. The zero-order chi connectivity index (χ0) is 13.6. The Morgan fingerprint density at radius 2 is 1.89 bits per heavy atom. The van der Waals surface area contributed by atoms with Gasteiger partial charge in [0.15, 0.2) is 0 Å². The van der Waals surface area contributed by atoms with E-state index in [1.807, 2.05) is 38.1 Å². The van der Waals surface area contributed by atoms with Crippen molar-refractivity contribution in [3.8, 4) is 0 Å². The van der Waals surface area contributed by atoms with Gasteiger partial charge in [-0.1, -0.05) is 43.7 Å². The molecule has 0 bridgehead atoms. The van der Waals surface area contributed by atoms with Crippen LogP contribution >= 0.6 is 0 Å². The van der Waals surface area contributed by atoms with Crippen molar-refractivity contribution in [3.05, 3.63) is 35.4 Å². The fourth-order valence-electron chi connectivity index (χ4n) is 2.12. The Kier molecular flexibility index (Phi) is 5.35. The molecule has 18 heavy (non-hydrogen) atoms. The molecule has 3 heteroatoms. The number of nitrogens with one attached hydrogen (secondary N) is 1. The van der Waals surface area contributed by atoms with E-state index in [-0.39, 0.29) is 5.97 Å². The largest absolute Gasteiger partial charge is 0.467 e. The molecule has 1 rings (SSSR count). The molecule has 0 heterocycles. The van der Waals surface area contributed by atoms with Gasteiger partial charge in [0.05, 0.1) is 7.11 Å². The van der Waals surface area contributed by atoms with Crippen molar-refractivity contribution in [2.24, 2.45) is 0 Å². The zero-order valence-corrected chi connectivity index (χ0v) is 11.7. The van der Waals surface area contributed by atoms with E-state index in [1.54, 1.807) is 0 Å². The van der Waals surface area contributed by atoms with E-state index in [0.29, 0.717) is 6.42 Å². The van der Waals surface area contributed by atoms with Crippen molar-refractivity contribution in [1.82, 2.24) is 5.32 Å². The van der Waals surface area contributed by atoms with Gasteiger partial charge in [0.1, 0.15) is 5.54 Å². The molecule has 0 aliphatic heterocycles. The zero-order valence-electron chi connectivity index (χ0n) is 11.7. The minimum Gasteiger partial charge on any atom is -0.467 e. The van der Waals surface area contributed by atoms with Gasteiger partial charge in [0.25, 0.3) is 0 Å². The van der Waals surface area contributed by atoms with Crippen LogP contribution in [0.5, 0.6) is 0 Å².